The Morgan fingerprint density at radius 3 is 2.00 bits per heavy atom. The molecule has 0 radical (unpaired) electrons. The fraction of sp³-hybridized carbons (Fsp3) is 0.409. The highest BCUT2D eigenvalue weighted by Crippen LogP contribution is 2.47. The van der Waals surface area contributed by atoms with E-state index >= 15 is 0 Å². The van der Waals surface area contributed by atoms with Gasteiger partial charge in [0.1, 0.15) is 5.41 Å². The van der Waals surface area contributed by atoms with Gasteiger partial charge >= 0.3 is 0 Å². The first-order valence-corrected chi connectivity index (χ1v) is 9.03. The van der Waals surface area contributed by atoms with Crippen LogP contribution in [0, 0.1) is 5.92 Å². The first-order chi connectivity index (χ1) is 12.1. The van der Waals surface area contributed by atoms with E-state index in [4.69, 9.17) is 4.74 Å². The molecule has 1 amide bonds. The van der Waals surface area contributed by atoms with Crippen molar-refractivity contribution in [1.29, 1.82) is 0 Å². The summed E-state index contributed by atoms with van der Waals surface area (Å²) in [5.41, 5.74) is 1.52. The van der Waals surface area contributed by atoms with Crippen molar-refractivity contribution in [3.8, 4) is 0 Å². The van der Waals surface area contributed by atoms with Crippen LogP contribution >= 0.6 is 0 Å². The van der Waals surface area contributed by atoms with Crippen molar-refractivity contribution in [2.75, 3.05) is 20.3 Å². The number of amides is 1. The van der Waals surface area contributed by atoms with E-state index in [2.05, 4.69) is 38.1 Å². The maximum absolute atomic E-state index is 13.7. The molecule has 132 valence electrons. The minimum Gasteiger partial charge on any atom is -0.385 e. The maximum atomic E-state index is 13.7. The van der Waals surface area contributed by atoms with Crippen molar-refractivity contribution < 1.29 is 9.53 Å². The third-order valence-electron chi connectivity index (χ3n) is 5.38. The smallest absolute Gasteiger partial charge is 0.238 e. The van der Waals surface area contributed by atoms with Gasteiger partial charge in [-0.25, -0.2) is 0 Å². The molecule has 1 atom stereocenters. The van der Waals surface area contributed by atoms with Gasteiger partial charge in [0.25, 0.3) is 0 Å². The molecule has 1 heterocycles. The third kappa shape index (κ3) is 2.98. The Hall–Kier alpha value is -2.13. The van der Waals surface area contributed by atoms with Crippen LogP contribution in [0.3, 0.4) is 0 Å². The molecule has 0 bridgehead atoms. The van der Waals surface area contributed by atoms with Gasteiger partial charge in [-0.15, -0.1) is 0 Å². The van der Waals surface area contributed by atoms with Crippen LogP contribution in [0.2, 0.25) is 0 Å². The number of benzene rings is 2. The second kappa shape index (κ2) is 7.40. The summed E-state index contributed by atoms with van der Waals surface area (Å²) in [7, 11) is 1.73. The lowest BCUT2D eigenvalue weighted by Crippen LogP contribution is -2.43. The van der Waals surface area contributed by atoms with Crippen molar-refractivity contribution in [1.82, 2.24) is 4.90 Å². The van der Waals surface area contributed by atoms with Gasteiger partial charge in [0.2, 0.25) is 5.91 Å². The third-order valence-corrected chi connectivity index (χ3v) is 5.38. The van der Waals surface area contributed by atoms with Gasteiger partial charge in [0.05, 0.1) is 0 Å². The molecule has 2 aromatic rings. The van der Waals surface area contributed by atoms with E-state index < -0.39 is 5.41 Å². The van der Waals surface area contributed by atoms with E-state index in [9.17, 15) is 4.79 Å². The lowest BCUT2D eigenvalue weighted by atomic mass is 9.66. The summed E-state index contributed by atoms with van der Waals surface area (Å²) in [4.78, 5) is 15.8. The number of hydrogen-bond acceptors (Lipinski definition) is 2. The largest absolute Gasteiger partial charge is 0.385 e. The first-order valence-electron chi connectivity index (χ1n) is 9.03. The SMILES string of the molecule is COCC[C@@H]1CN(C(C)C)C(=O)C1(c1ccccc1)c1ccccc1. The molecule has 3 heteroatoms. The number of ether oxygens (including phenoxy) is 1. The fourth-order valence-corrected chi connectivity index (χ4v) is 4.16. The van der Waals surface area contributed by atoms with E-state index in [1.165, 1.54) is 0 Å². The van der Waals surface area contributed by atoms with Gasteiger partial charge in [-0.05, 0) is 31.4 Å². The summed E-state index contributed by atoms with van der Waals surface area (Å²) >= 11 is 0. The molecule has 1 saturated heterocycles. The number of hydrogen-bond donors (Lipinski definition) is 0. The Morgan fingerprint density at radius 1 is 1.04 bits per heavy atom. The number of carbonyl (C=O) groups excluding carboxylic acids is 1. The van der Waals surface area contributed by atoms with Crippen LogP contribution in [-0.2, 0) is 14.9 Å². The predicted octanol–water partition coefficient (Wildman–Crippen LogP) is 3.88. The molecule has 0 unspecified atom stereocenters. The highest BCUT2D eigenvalue weighted by atomic mass is 16.5. The average molecular weight is 337 g/mol. The lowest BCUT2D eigenvalue weighted by molar-refractivity contribution is -0.132. The molecule has 3 rings (SSSR count). The Bertz CT molecular complexity index is 657. The van der Waals surface area contributed by atoms with Gasteiger partial charge < -0.3 is 9.64 Å². The van der Waals surface area contributed by atoms with Gasteiger partial charge in [-0.1, -0.05) is 60.7 Å². The lowest BCUT2D eigenvalue weighted by Gasteiger charge is -2.34. The van der Waals surface area contributed by atoms with Crippen LogP contribution in [0.1, 0.15) is 31.4 Å². The van der Waals surface area contributed by atoms with E-state index in [1.807, 2.05) is 41.3 Å². The highest BCUT2D eigenvalue weighted by Gasteiger charge is 2.56. The van der Waals surface area contributed by atoms with Crippen LogP contribution in [-0.4, -0.2) is 37.1 Å². The van der Waals surface area contributed by atoms with E-state index in [-0.39, 0.29) is 17.9 Å². The molecular formula is C22H27NO2. The van der Waals surface area contributed by atoms with E-state index in [1.54, 1.807) is 7.11 Å². The molecule has 0 spiro atoms. The highest BCUT2D eigenvalue weighted by molar-refractivity contribution is 5.95. The van der Waals surface area contributed by atoms with Gasteiger partial charge in [-0.2, -0.15) is 0 Å². The molecule has 0 aliphatic carbocycles. The number of nitrogens with zero attached hydrogens (tertiary/aromatic N) is 1. The Morgan fingerprint density at radius 2 is 1.56 bits per heavy atom. The van der Waals surface area contributed by atoms with Crippen molar-refractivity contribution in [3.05, 3.63) is 71.8 Å². The van der Waals surface area contributed by atoms with Crippen LogP contribution in [0.25, 0.3) is 0 Å². The zero-order valence-corrected chi connectivity index (χ0v) is 15.3. The average Bonchev–Trinajstić information content (AvgIpc) is 2.95. The van der Waals surface area contributed by atoms with Gasteiger partial charge in [0.15, 0.2) is 0 Å². The summed E-state index contributed by atoms with van der Waals surface area (Å²) in [6, 6.07) is 20.7. The predicted molar refractivity (Wildman–Crippen MR) is 100 cm³/mol. The minimum atomic E-state index is -0.634. The molecule has 0 N–H and O–H groups in total. The second-order valence-electron chi connectivity index (χ2n) is 7.07. The molecule has 0 saturated carbocycles. The summed E-state index contributed by atoms with van der Waals surface area (Å²) < 4.78 is 5.37. The normalized spacial score (nSPS) is 19.6. The number of methoxy groups -OCH3 is 1. The standard InChI is InChI=1S/C22H27NO2/c1-17(2)23-16-20(14-15-25-3)22(21(23)24,18-10-6-4-7-11-18)19-12-8-5-9-13-19/h4-13,17,20H,14-16H2,1-3H3/t20-/m1/s1. The minimum absolute atomic E-state index is 0.187. The zero-order valence-electron chi connectivity index (χ0n) is 15.3. The maximum Gasteiger partial charge on any atom is 0.238 e. The van der Waals surface area contributed by atoms with Crippen LogP contribution < -0.4 is 0 Å². The fourth-order valence-electron chi connectivity index (χ4n) is 4.16. The van der Waals surface area contributed by atoms with E-state index in [0.29, 0.717) is 6.61 Å². The second-order valence-corrected chi connectivity index (χ2v) is 7.07. The molecule has 3 nitrogen and oxygen atoms in total. The topological polar surface area (TPSA) is 29.5 Å². The Kier molecular flexibility index (Phi) is 5.24. The van der Waals surface area contributed by atoms with Crippen molar-refractivity contribution in [2.45, 2.75) is 31.7 Å². The quantitative estimate of drug-likeness (QED) is 0.801. The summed E-state index contributed by atoms with van der Waals surface area (Å²) in [6.45, 7) is 5.61. The van der Waals surface area contributed by atoms with Crippen LogP contribution in [0.4, 0.5) is 0 Å². The first kappa shape index (κ1) is 17.7. The van der Waals surface area contributed by atoms with Crippen LogP contribution in [0.15, 0.2) is 60.7 Å². The molecule has 0 aromatic heterocycles. The van der Waals surface area contributed by atoms with Gasteiger partial charge in [0, 0.05) is 32.2 Å². The summed E-state index contributed by atoms with van der Waals surface area (Å²) in [6.07, 6.45) is 0.856. The molecule has 25 heavy (non-hydrogen) atoms. The Labute approximate surface area is 150 Å². The number of carbonyl (C=O) groups is 1. The van der Waals surface area contributed by atoms with Crippen molar-refractivity contribution >= 4 is 5.91 Å². The summed E-state index contributed by atoms with van der Waals surface area (Å²) in [5, 5.41) is 0. The zero-order chi connectivity index (χ0) is 17.9. The number of rotatable bonds is 6. The molecule has 1 aliphatic rings. The number of likely N-dealkylation sites (tertiary alicyclic amines) is 1. The molecule has 1 fully saturated rings. The van der Waals surface area contributed by atoms with Crippen molar-refractivity contribution in [3.63, 3.8) is 0 Å². The van der Waals surface area contributed by atoms with Crippen molar-refractivity contribution in [2.24, 2.45) is 5.92 Å². The van der Waals surface area contributed by atoms with E-state index in [0.717, 1.165) is 24.1 Å². The molecule has 1 aliphatic heterocycles. The van der Waals surface area contributed by atoms with Gasteiger partial charge in [-0.3, -0.25) is 4.79 Å². The van der Waals surface area contributed by atoms with Crippen LogP contribution in [0.5, 0.6) is 0 Å². The Balaban J connectivity index is 2.21. The molecule has 2 aromatic carbocycles. The monoisotopic (exact) mass is 337 g/mol. The summed E-state index contributed by atoms with van der Waals surface area (Å²) in [5.74, 6) is 0.396. The molecular weight excluding hydrogens is 310 g/mol.